The summed E-state index contributed by atoms with van der Waals surface area (Å²) in [6.07, 6.45) is 0. The van der Waals surface area contributed by atoms with Crippen LogP contribution in [0.5, 0.6) is 0 Å². The lowest BCUT2D eigenvalue weighted by molar-refractivity contribution is 0.669. The second-order valence-corrected chi connectivity index (χ2v) is 13.9. The van der Waals surface area contributed by atoms with Crippen LogP contribution in [0.15, 0.2) is 197 Å². The molecule has 262 valence electrons. The Morgan fingerprint density at radius 3 is 1.55 bits per heavy atom. The van der Waals surface area contributed by atoms with Crippen LogP contribution in [-0.4, -0.2) is 15.0 Å². The molecule has 0 aliphatic rings. The molecule has 0 fully saturated rings. The van der Waals surface area contributed by atoms with Crippen LogP contribution in [0.3, 0.4) is 0 Å². The SMILES string of the molecule is c1ccc(-c2cc(-c3ccccc3)c3oc4c(-c5nc(-c6ccccc6)nc(-c6ccc7c(c6)oc6ccccc67)n5)ccc(-c5ccccc5)c4c3c2)cc1. The first-order valence-electron chi connectivity index (χ1n) is 18.7. The Morgan fingerprint density at radius 1 is 0.286 bits per heavy atom. The summed E-state index contributed by atoms with van der Waals surface area (Å²) in [5.74, 6) is 1.64. The Hall–Kier alpha value is -7.63. The number of para-hydroxylation sites is 1. The Morgan fingerprint density at radius 2 is 0.839 bits per heavy atom. The predicted octanol–water partition coefficient (Wildman–Crippen LogP) is 13.7. The van der Waals surface area contributed by atoms with E-state index >= 15 is 0 Å². The molecule has 5 nitrogen and oxygen atoms in total. The number of nitrogens with zero attached hydrogens (tertiary/aromatic N) is 3. The predicted molar refractivity (Wildman–Crippen MR) is 227 cm³/mol. The third-order valence-corrected chi connectivity index (χ3v) is 10.5. The van der Waals surface area contributed by atoms with Gasteiger partial charge in [0, 0.05) is 38.2 Å². The van der Waals surface area contributed by atoms with Crippen LogP contribution in [0.25, 0.3) is 111 Å². The highest BCUT2D eigenvalue weighted by molar-refractivity contribution is 6.19. The molecule has 5 heteroatoms. The molecule has 0 unspecified atom stereocenters. The Labute approximate surface area is 322 Å². The van der Waals surface area contributed by atoms with Crippen LogP contribution >= 0.6 is 0 Å². The van der Waals surface area contributed by atoms with Gasteiger partial charge in [-0.2, -0.15) is 0 Å². The first-order valence-corrected chi connectivity index (χ1v) is 18.7. The maximum atomic E-state index is 7.14. The maximum absolute atomic E-state index is 7.14. The van der Waals surface area contributed by atoms with Gasteiger partial charge in [0.2, 0.25) is 0 Å². The molecule has 11 rings (SSSR count). The van der Waals surface area contributed by atoms with Gasteiger partial charge in [0.05, 0.1) is 5.56 Å². The third-order valence-electron chi connectivity index (χ3n) is 10.5. The van der Waals surface area contributed by atoms with Crippen LogP contribution in [0.2, 0.25) is 0 Å². The molecular formula is C51H31N3O2. The molecule has 8 aromatic carbocycles. The molecule has 56 heavy (non-hydrogen) atoms. The number of furan rings is 2. The first kappa shape index (κ1) is 31.9. The average molecular weight is 718 g/mol. The number of aromatic nitrogens is 3. The standard InChI is InChI=1S/C51H31N3O2/c1-5-15-32(16-6-1)37-29-42(34-19-9-3-10-20-34)47-43(30-37)46-38(33-17-7-2-8-18-33)27-28-41(48(46)56-47)51-53-49(35-21-11-4-12-22-35)52-50(54-51)36-25-26-40-39-23-13-14-24-44(39)55-45(40)31-36/h1-31H. The van der Waals surface area contributed by atoms with Gasteiger partial charge in [0.15, 0.2) is 17.5 Å². The lowest BCUT2D eigenvalue weighted by atomic mass is 9.92. The summed E-state index contributed by atoms with van der Waals surface area (Å²) < 4.78 is 13.4. The molecule has 0 aliphatic heterocycles. The van der Waals surface area contributed by atoms with Crippen molar-refractivity contribution < 1.29 is 8.83 Å². The van der Waals surface area contributed by atoms with Crippen molar-refractivity contribution in [2.24, 2.45) is 0 Å². The highest BCUT2D eigenvalue weighted by Crippen LogP contribution is 2.46. The van der Waals surface area contributed by atoms with E-state index in [4.69, 9.17) is 23.8 Å². The molecule has 3 aromatic heterocycles. The van der Waals surface area contributed by atoms with Crippen LogP contribution in [0.1, 0.15) is 0 Å². The molecule has 0 saturated carbocycles. The fraction of sp³-hybridized carbons (Fsp3) is 0. The van der Waals surface area contributed by atoms with Gasteiger partial charge in [-0.3, -0.25) is 0 Å². The number of hydrogen-bond acceptors (Lipinski definition) is 5. The lowest BCUT2D eigenvalue weighted by Gasteiger charge is -2.11. The number of benzene rings is 8. The minimum atomic E-state index is 0.520. The lowest BCUT2D eigenvalue weighted by Crippen LogP contribution is -2.00. The van der Waals surface area contributed by atoms with E-state index in [9.17, 15) is 0 Å². The van der Waals surface area contributed by atoms with E-state index < -0.39 is 0 Å². The third kappa shape index (κ3) is 5.37. The smallest absolute Gasteiger partial charge is 0.167 e. The molecule has 0 atom stereocenters. The fourth-order valence-electron chi connectivity index (χ4n) is 7.85. The second-order valence-electron chi connectivity index (χ2n) is 13.9. The summed E-state index contributed by atoms with van der Waals surface area (Å²) in [5, 5.41) is 4.15. The average Bonchev–Trinajstić information content (AvgIpc) is 3.85. The highest BCUT2D eigenvalue weighted by atomic mass is 16.3. The Bertz CT molecular complexity index is 3230. The molecule has 0 amide bonds. The van der Waals surface area contributed by atoms with Gasteiger partial charge in [0.1, 0.15) is 22.3 Å². The van der Waals surface area contributed by atoms with Crippen molar-refractivity contribution in [1.82, 2.24) is 15.0 Å². The molecule has 0 aliphatic carbocycles. The van der Waals surface area contributed by atoms with Crippen LogP contribution in [0, 0.1) is 0 Å². The van der Waals surface area contributed by atoms with Gasteiger partial charge < -0.3 is 8.83 Å². The zero-order valence-corrected chi connectivity index (χ0v) is 30.1. The van der Waals surface area contributed by atoms with Crippen molar-refractivity contribution in [2.45, 2.75) is 0 Å². The van der Waals surface area contributed by atoms with E-state index in [1.54, 1.807) is 0 Å². The molecule has 0 N–H and O–H groups in total. The van der Waals surface area contributed by atoms with Gasteiger partial charge in [-0.05, 0) is 64.2 Å². The van der Waals surface area contributed by atoms with Crippen molar-refractivity contribution in [1.29, 1.82) is 0 Å². The summed E-state index contributed by atoms with van der Waals surface area (Å²) in [6.45, 7) is 0. The monoisotopic (exact) mass is 717 g/mol. The normalized spacial score (nSPS) is 11.6. The topological polar surface area (TPSA) is 65.0 Å². The van der Waals surface area contributed by atoms with Gasteiger partial charge in [-0.15, -0.1) is 0 Å². The number of fused-ring (bicyclic) bond motifs is 6. The molecule has 0 spiro atoms. The minimum absolute atomic E-state index is 0.520. The van der Waals surface area contributed by atoms with Crippen LogP contribution in [-0.2, 0) is 0 Å². The second kappa shape index (κ2) is 13.0. The number of rotatable bonds is 6. The molecule has 0 bridgehead atoms. The van der Waals surface area contributed by atoms with Crippen molar-refractivity contribution in [3.8, 4) is 67.5 Å². The van der Waals surface area contributed by atoms with Crippen molar-refractivity contribution >= 4 is 43.9 Å². The summed E-state index contributed by atoms with van der Waals surface area (Å²) in [7, 11) is 0. The van der Waals surface area contributed by atoms with Crippen molar-refractivity contribution in [3.05, 3.63) is 188 Å². The largest absolute Gasteiger partial charge is 0.456 e. The van der Waals surface area contributed by atoms with Gasteiger partial charge in [-0.1, -0.05) is 152 Å². The molecule has 11 aromatic rings. The van der Waals surface area contributed by atoms with Crippen LogP contribution < -0.4 is 0 Å². The summed E-state index contributed by atoms with van der Waals surface area (Å²) in [6, 6.07) is 64.5. The van der Waals surface area contributed by atoms with E-state index in [0.29, 0.717) is 23.1 Å². The number of hydrogen-bond donors (Lipinski definition) is 0. The quantitative estimate of drug-likeness (QED) is 0.171. The summed E-state index contributed by atoms with van der Waals surface area (Å²) in [5.41, 5.74) is 12.2. The van der Waals surface area contributed by atoms with Crippen LogP contribution in [0.4, 0.5) is 0 Å². The Balaban J connectivity index is 1.20. The Kier molecular flexibility index (Phi) is 7.42. The molecule has 0 saturated heterocycles. The minimum Gasteiger partial charge on any atom is -0.456 e. The van der Waals surface area contributed by atoms with Gasteiger partial charge in [0.25, 0.3) is 0 Å². The highest BCUT2D eigenvalue weighted by Gasteiger charge is 2.23. The summed E-state index contributed by atoms with van der Waals surface area (Å²) >= 11 is 0. The summed E-state index contributed by atoms with van der Waals surface area (Å²) in [4.78, 5) is 15.4. The van der Waals surface area contributed by atoms with E-state index in [0.717, 1.165) is 88.4 Å². The van der Waals surface area contributed by atoms with Crippen molar-refractivity contribution in [3.63, 3.8) is 0 Å². The maximum Gasteiger partial charge on any atom is 0.167 e. The fourth-order valence-corrected chi connectivity index (χ4v) is 7.85. The molecule has 3 heterocycles. The zero-order chi connectivity index (χ0) is 37.0. The van der Waals surface area contributed by atoms with Gasteiger partial charge in [-0.25, -0.2) is 15.0 Å². The molecule has 0 radical (unpaired) electrons. The molecular weight excluding hydrogens is 687 g/mol. The van der Waals surface area contributed by atoms with Crippen molar-refractivity contribution in [2.75, 3.05) is 0 Å². The van der Waals surface area contributed by atoms with E-state index in [2.05, 4.69) is 121 Å². The first-order chi connectivity index (χ1) is 27.7. The van der Waals surface area contributed by atoms with E-state index in [-0.39, 0.29) is 0 Å². The van der Waals surface area contributed by atoms with Gasteiger partial charge >= 0.3 is 0 Å². The zero-order valence-electron chi connectivity index (χ0n) is 30.1. The van der Waals surface area contributed by atoms with E-state index in [1.165, 1.54) is 0 Å². The van der Waals surface area contributed by atoms with E-state index in [1.807, 2.05) is 66.7 Å².